The Morgan fingerprint density at radius 1 is 0.732 bits per heavy atom. The maximum absolute atomic E-state index is 13.5. The summed E-state index contributed by atoms with van der Waals surface area (Å²) in [6.07, 6.45) is 12.8. The second kappa shape index (κ2) is 16.8. The lowest BCUT2D eigenvalue weighted by atomic mass is 9.82. The second-order valence-electron chi connectivity index (χ2n) is 14.9. The fraction of sp³-hybridized carbons (Fsp3) is 0.250. The van der Waals surface area contributed by atoms with Gasteiger partial charge in [0.25, 0.3) is 0 Å². The van der Waals surface area contributed by atoms with Crippen LogP contribution in [0.15, 0.2) is 133 Å². The molecule has 0 aromatic heterocycles. The maximum Gasteiger partial charge on any atom is 0.338 e. The molecule has 8 rings (SSSR count). The number of aryl methyl sites for hydroxylation is 1. The number of benzene rings is 6. The average molecular weight is 736 g/mol. The van der Waals surface area contributed by atoms with Gasteiger partial charge in [-0.1, -0.05) is 110 Å². The Kier molecular flexibility index (Phi) is 11.0. The molecule has 56 heavy (non-hydrogen) atoms. The van der Waals surface area contributed by atoms with E-state index in [4.69, 9.17) is 9.47 Å². The van der Waals surface area contributed by atoms with Crippen LogP contribution < -0.4 is 9.64 Å². The van der Waals surface area contributed by atoms with Crippen molar-refractivity contribution >= 4 is 28.5 Å². The summed E-state index contributed by atoms with van der Waals surface area (Å²) in [5.74, 6) is 7.01. The van der Waals surface area contributed by atoms with Gasteiger partial charge in [-0.25, -0.2) is 4.79 Å². The topological polar surface area (TPSA) is 38.8 Å². The zero-order valence-electron chi connectivity index (χ0n) is 32.5. The van der Waals surface area contributed by atoms with Crippen LogP contribution in [0.2, 0.25) is 0 Å². The Labute approximate surface area is 331 Å². The number of ether oxygens (including phenoxy) is 2. The summed E-state index contributed by atoms with van der Waals surface area (Å²) in [4.78, 5) is 16.0. The molecule has 2 heterocycles. The third-order valence-corrected chi connectivity index (χ3v) is 11.2. The number of hydrogen-bond donors (Lipinski definition) is 0. The average Bonchev–Trinajstić information content (AvgIpc) is 3.26. The number of nitrogens with zero attached hydrogens (tertiary/aromatic N) is 1. The molecular weight excluding hydrogens is 687 g/mol. The summed E-state index contributed by atoms with van der Waals surface area (Å²) < 4.78 is 12.8. The summed E-state index contributed by atoms with van der Waals surface area (Å²) in [6, 6.07) is 44.6. The Morgan fingerprint density at radius 3 is 2.12 bits per heavy atom. The monoisotopic (exact) mass is 735 g/mol. The molecule has 1 unspecified atom stereocenters. The van der Waals surface area contributed by atoms with Gasteiger partial charge in [0.15, 0.2) is 5.60 Å². The number of esters is 1. The van der Waals surface area contributed by atoms with Gasteiger partial charge in [-0.2, -0.15) is 0 Å². The molecule has 1 saturated heterocycles. The fourth-order valence-corrected chi connectivity index (χ4v) is 8.08. The number of anilines is 1. The van der Waals surface area contributed by atoms with E-state index in [0.717, 1.165) is 58.1 Å². The van der Waals surface area contributed by atoms with Crippen molar-refractivity contribution in [1.29, 1.82) is 0 Å². The Balaban J connectivity index is 1.12. The lowest BCUT2D eigenvalue weighted by molar-refractivity contribution is 0.0524. The highest BCUT2D eigenvalue weighted by atomic mass is 16.5. The van der Waals surface area contributed by atoms with Gasteiger partial charge in [-0.05, 0) is 122 Å². The Hall–Kier alpha value is -6.05. The van der Waals surface area contributed by atoms with Gasteiger partial charge in [-0.15, -0.1) is 0 Å². The SMILES string of the molecule is CCCCCc1ccc(-c2ccc(C#Cc3ccc4c5c(c(C(=O)OCC)cc4c3)C=CC(c3ccccc3)(c3ccc(N4CCCCC4)cc3)O5)cc2)cc1. The summed E-state index contributed by atoms with van der Waals surface area (Å²) in [5, 5.41) is 1.78. The van der Waals surface area contributed by atoms with Crippen molar-refractivity contribution < 1.29 is 14.3 Å². The van der Waals surface area contributed by atoms with Crippen molar-refractivity contribution in [3.8, 4) is 28.7 Å². The lowest BCUT2D eigenvalue weighted by Gasteiger charge is -2.37. The zero-order chi connectivity index (χ0) is 38.3. The predicted molar refractivity (Wildman–Crippen MR) is 230 cm³/mol. The molecule has 0 aliphatic carbocycles. The highest BCUT2D eigenvalue weighted by molar-refractivity contribution is 6.04. The molecule has 0 radical (unpaired) electrons. The minimum absolute atomic E-state index is 0.280. The number of carbonyl (C=O) groups is 1. The van der Waals surface area contributed by atoms with E-state index in [9.17, 15) is 4.79 Å². The summed E-state index contributed by atoms with van der Waals surface area (Å²) in [6.45, 7) is 6.52. The number of carbonyl (C=O) groups excluding carboxylic acids is 1. The summed E-state index contributed by atoms with van der Waals surface area (Å²) in [5.41, 5.74) is 9.13. The van der Waals surface area contributed by atoms with Crippen LogP contribution in [0.5, 0.6) is 5.75 Å². The molecule has 0 amide bonds. The molecule has 1 atom stereocenters. The van der Waals surface area contributed by atoms with E-state index in [1.165, 1.54) is 60.9 Å². The normalized spacial score (nSPS) is 16.1. The molecular formula is C52H49NO3. The molecule has 0 saturated carbocycles. The number of fused-ring (bicyclic) bond motifs is 3. The van der Waals surface area contributed by atoms with Crippen LogP contribution in [0.25, 0.3) is 28.0 Å². The third-order valence-electron chi connectivity index (χ3n) is 11.2. The van der Waals surface area contributed by atoms with Crippen LogP contribution in [-0.4, -0.2) is 25.7 Å². The van der Waals surface area contributed by atoms with E-state index >= 15 is 0 Å². The van der Waals surface area contributed by atoms with E-state index in [1.54, 1.807) is 0 Å². The van der Waals surface area contributed by atoms with E-state index in [0.29, 0.717) is 11.3 Å². The molecule has 2 aliphatic rings. The largest absolute Gasteiger partial charge is 0.472 e. The van der Waals surface area contributed by atoms with E-state index in [2.05, 4.69) is 121 Å². The molecule has 1 fully saturated rings. The number of rotatable bonds is 10. The summed E-state index contributed by atoms with van der Waals surface area (Å²) in [7, 11) is 0. The van der Waals surface area contributed by atoms with Crippen LogP contribution in [0, 0.1) is 11.8 Å². The molecule has 0 spiro atoms. The lowest BCUT2D eigenvalue weighted by Crippen LogP contribution is -2.35. The number of piperidine rings is 1. The van der Waals surface area contributed by atoms with E-state index in [1.807, 2.05) is 49.4 Å². The van der Waals surface area contributed by atoms with Crippen LogP contribution in [0.3, 0.4) is 0 Å². The van der Waals surface area contributed by atoms with Crippen LogP contribution >= 0.6 is 0 Å². The number of hydrogen-bond acceptors (Lipinski definition) is 4. The molecule has 0 bridgehead atoms. The van der Waals surface area contributed by atoms with E-state index in [-0.39, 0.29) is 12.6 Å². The first-order chi connectivity index (χ1) is 27.5. The van der Waals surface area contributed by atoms with E-state index < -0.39 is 5.60 Å². The van der Waals surface area contributed by atoms with Gasteiger partial charge >= 0.3 is 5.97 Å². The third kappa shape index (κ3) is 7.73. The van der Waals surface area contributed by atoms with Crippen LogP contribution in [0.4, 0.5) is 5.69 Å². The van der Waals surface area contributed by atoms with Crippen molar-refractivity contribution in [1.82, 2.24) is 0 Å². The zero-order valence-corrected chi connectivity index (χ0v) is 32.5. The van der Waals surface area contributed by atoms with Crippen LogP contribution in [-0.2, 0) is 16.8 Å². The molecule has 0 N–H and O–H groups in total. The van der Waals surface area contributed by atoms with Crippen molar-refractivity contribution in [3.63, 3.8) is 0 Å². The predicted octanol–water partition coefficient (Wildman–Crippen LogP) is 12.2. The first-order valence-corrected chi connectivity index (χ1v) is 20.3. The van der Waals surface area contributed by atoms with Crippen molar-refractivity contribution in [2.45, 2.75) is 64.4 Å². The standard InChI is InChI=1S/C52H49NO3/c1-3-5-8-13-38-18-23-41(24-19-38)42-25-20-39(21-26-42)16-17-40-22-31-47-43(36-40)37-49(51(54)55-4-2)48-32-33-52(56-50(47)48,44-14-9-6-10-15-44)45-27-29-46(30-28-45)53-34-11-7-12-35-53/h6,9-10,14-15,18-33,36-37H,3-5,7-8,11-13,34-35H2,1-2H3. The highest BCUT2D eigenvalue weighted by Crippen LogP contribution is 2.47. The minimum Gasteiger partial charge on any atom is -0.472 e. The number of unbranched alkanes of at least 4 members (excludes halogenated alkanes) is 2. The van der Waals surface area contributed by atoms with Gasteiger partial charge < -0.3 is 14.4 Å². The fourth-order valence-electron chi connectivity index (χ4n) is 8.08. The molecule has 4 heteroatoms. The summed E-state index contributed by atoms with van der Waals surface area (Å²) >= 11 is 0. The smallest absolute Gasteiger partial charge is 0.338 e. The molecule has 6 aromatic rings. The quantitative estimate of drug-likeness (QED) is 0.0798. The van der Waals surface area contributed by atoms with Crippen molar-refractivity contribution in [2.24, 2.45) is 0 Å². The first kappa shape index (κ1) is 36.9. The van der Waals surface area contributed by atoms with Gasteiger partial charge in [0.05, 0.1) is 12.2 Å². The van der Waals surface area contributed by atoms with Crippen molar-refractivity contribution in [3.05, 3.63) is 172 Å². The minimum atomic E-state index is -0.907. The van der Waals surface area contributed by atoms with Crippen LogP contribution in [0.1, 0.15) is 96.1 Å². The first-order valence-electron chi connectivity index (χ1n) is 20.3. The molecule has 280 valence electrons. The molecule has 4 nitrogen and oxygen atoms in total. The van der Waals surface area contributed by atoms with Gasteiger partial charge in [0, 0.05) is 52.0 Å². The highest BCUT2D eigenvalue weighted by Gasteiger charge is 2.39. The maximum atomic E-state index is 13.5. The van der Waals surface area contributed by atoms with Gasteiger partial charge in [-0.3, -0.25) is 0 Å². The van der Waals surface area contributed by atoms with Gasteiger partial charge in [0.2, 0.25) is 0 Å². The second-order valence-corrected chi connectivity index (χ2v) is 14.9. The Morgan fingerprint density at radius 2 is 1.41 bits per heavy atom. The van der Waals surface area contributed by atoms with Gasteiger partial charge in [0.1, 0.15) is 5.75 Å². The Bertz CT molecular complexity index is 2390. The molecule has 2 aliphatic heterocycles. The van der Waals surface area contributed by atoms with Crippen molar-refractivity contribution in [2.75, 3.05) is 24.6 Å². The molecule has 6 aromatic carbocycles.